The van der Waals surface area contributed by atoms with Gasteiger partial charge in [-0.3, -0.25) is 0 Å². The summed E-state index contributed by atoms with van der Waals surface area (Å²) in [4.78, 5) is 15.9. The summed E-state index contributed by atoms with van der Waals surface area (Å²) in [5.41, 5.74) is 7.85. The van der Waals surface area contributed by atoms with Gasteiger partial charge in [-0.15, -0.1) is 0 Å². The Morgan fingerprint density at radius 3 is 1.47 bits per heavy atom. The van der Waals surface area contributed by atoms with E-state index in [1.165, 1.54) is 37.7 Å². The van der Waals surface area contributed by atoms with E-state index in [1.807, 2.05) is 18.2 Å². The first-order chi connectivity index (χ1) is 31.7. The second-order valence-electron chi connectivity index (χ2n) is 16.8. The molecular formula is C59H34N4O. The van der Waals surface area contributed by atoms with Gasteiger partial charge in [0.25, 0.3) is 0 Å². The highest BCUT2D eigenvalue weighted by atomic mass is 16.3. The van der Waals surface area contributed by atoms with Crippen LogP contribution in [-0.4, -0.2) is 19.5 Å². The van der Waals surface area contributed by atoms with E-state index < -0.39 is 0 Å². The third kappa shape index (κ3) is 5.22. The molecule has 0 aliphatic rings. The van der Waals surface area contributed by atoms with E-state index >= 15 is 0 Å². The number of nitrogens with zero attached hydrogens (tertiary/aromatic N) is 4. The summed E-state index contributed by atoms with van der Waals surface area (Å²) in [7, 11) is 0. The van der Waals surface area contributed by atoms with E-state index in [9.17, 15) is 0 Å². The van der Waals surface area contributed by atoms with Gasteiger partial charge in [0.05, 0.1) is 11.0 Å². The normalized spacial score (nSPS) is 12.1. The number of benzene rings is 11. The van der Waals surface area contributed by atoms with Crippen LogP contribution in [0, 0.1) is 0 Å². The Morgan fingerprint density at radius 2 is 0.812 bits per heavy atom. The SMILES string of the molecule is c1ccc(-c2nc(-c3cc4ccccc4c4ccccc34)nc(-c3cc4c5cc(-n6c7cc8ccccc8cc7c7cc8ccccc8cc76)ccc5oc4c4ccccc34)n2)cc1. The van der Waals surface area contributed by atoms with Crippen LogP contribution in [0.15, 0.2) is 211 Å². The summed E-state index contributed by atoms with van der Waals surface area (Å²) in [5, 5.41) is 15.9. The number of hydrogen-bond acceptors (Lipinski definition) is 4. The largest absolute Gasteiger partial charge is 0.455 e. The Labute approximate surface area is 366 Å². The lowest BCUT2D eigenvalue weighted by molar-refractivity contribution is 0.672. The van der Waals surface area contributed by atoms with Crippen LogP contribution in [0.1, 0.15) is 0 Å². The average Bonchev–Trinajstić information content (AvgIpc) is 3.88. The van der Waals surface area contributed by atoms with Crippen molar-refractivity contribution < 1.29 is 4.42 Å². The molecule has 5 heteroatoms. The van der Waals surface area contributed by atoms with Crippen molar-refractivity contribution in [2.24, 2.45) is 0 Å². The maximum absolute atomic E-state index is 6.83. The molecule has 0 unspecified atom stereocenters. The molecule has 0 fully saturated rings. The summed E-state index contributed by atoms with van der Waals surface area (Å²) in [6, 6.07) is 73.4. The quantitative estimate of drug-likeness (QED) is 0.166. The van der Waals surface area contributed by atoms with Gasteiger partial charge in [0.2, 0.25) is 0 Å². The lowest BCUT2D eigenvalue weighted by Gasteiger charge is -2.13. The molecule has 5 nitrogen and oxygen atoms in total. The Bertz CT molecular complexity index is 4170. The molecule has 3 aromatic heterocycles. The van der Waals surface area contributed by atoms with Crippen LogP contribution in [0.3, 0.4) is 0 Å². The van der Waals surface area contributed by atoms with E-state index in [4.69, 9.17) is 19.4 Å². The fourth-order valence-electron chi connectivity index (χ4n) is 10.1. The van der Waals surface area contributed by atoms with Crippen LogP contribution in [0.2, 0.25) is 0 Å². The zero-order valence-electron chi connectivity index (χ0n) is 34.3. The standard InChI is InChI=1S/C59H34N4O/c1-2-14-35(15-3-1)57-60-58(51-30-40-20-8-9-21-42(40)43-22-10-11-23-44(43)51)62-59(61-57)52-34-50-49-33-41(26-27-55(49)64-56(50)46-25-13-12-24-45(46)52)63-53-31-38-18-6-4-16-36(38)28-47(53)48-29-37-17-5-7-19-39(37)32-54(48)63/h1-34H. The monoisotopic (exact) mass is 814 g/mol. The average molecular weight is 815 g/mol. The molecule has 11 aromatic carbocycles. The van der Waals surface area contributed by atoms with Crippen molar-refractivity contribution in [1.82, 2.24) is 19.5 Å². The highest BCUT2D eigenvalue weighted by Gasteiger charge is 2.22. The molecule has 296 valence electrons. The Kier molecular flexibility index (Phi) is 7.33. The number of fused-ring (bicyclic) bond motifs is 13. The number of rotatable bonds is 4. The summed E-state index contributed by atoms with van der Waals surface area (Å²) < 4.78 is 9.25. The molecule has 14 aromatic rings. The molecule has 0 saturated heterocycles. The molecule has 0 aliphatic heterocycles. The molecule has 0 atom stereocenters. The lowest BCUT2D eigenvalue weighted by Crippen LogP contribution is -2.01. The van der Waals surface area contributed by atoms with Gasteiger partial charge in [0, 0.05) is 49.3 Å². The molecule has 0 spiro atoms. The minimum Gasteiger partial charge on any atom is -0.455 e. The number of aromatic nitrogens is 4. The van der Waals surface area contributed by atoms with Crippen LogP contribution in [0.25, 0.3) is 137 Å². The van der Waals surface area contributed by atoms with Gasteiger partial charge >= 0.3 is 0 Å². The van der Waals surface area contributed by atoms with Crippen molar-refractivity contribution in [1.29, 1.82) is 0 Å². The van der Waals surface area contributed by atoms with Gasteiger partial charge in [-0.25, -0.2) is 15.0 Å². The second-order valence-corrected chi connectivity index (χ2v) is 16.8. The molecular weight excluding hydrogens is 781 g/mol. The summed E-state index contributed by atoms with van der Waals surface area (Å²) >= 11 is 0. The topological polar surface area (TPSA) is 56.7 Å². The van der Waals surface area contributed by atoms with Crippen molar-refractivity contribution in [3.05, 3.63) is 206 Å². The van der Waals surface area contributed by atoms with Gasteiger partial charge in [0.15, 0.2) is 17.5 Å². The number of hydrogen-bond donors (Lipinski definition) is 0. The zero-order chi connectivity index (χ0) is 41.9. The molecule has 0 saturated carbocycles. The van der Waals surface area contributed by atoms with Crippen LogP contribution in [0.4, 0.5) is 0 Å². The first-order valence-electron chi connectivity index (χ1n) is 21.7. The molecule has 0 bridgehead atoms. The highest BCUT2D eigenvalue weighted by molar-refractivity contribution is 6.21. The minimum atomic E-state index is 0.603. The molecule has 64 heavy (non-hydrogen) atoms. The first kappa shape index (κ1) is 35.0. The third-order valence-electron chi connectivity index (χ3n) is 13.1. The van der Waals surface area contributed by atoms with Crippen LogP contribution < -0.4 is 0 Å². The van der Waals surface area contributed by atoms with Crippen molar-refractivity contribution in [2.45, 2.75) is 0 Å². The van der Waals surface area contributed by atoms with Crippen molar-refractivity contribution in [3.63, 3.8) is 0 Å². The minimum absolute atomic E-state index is 0.603. The summed E-state index contributed by atoms with van der Waals surface area (Å²) in [6.45, 7) is 0. The molecule has 0 amide bonds. The van der Waals surface area contributed by atoms with E-state index in [0.717, 1.165) is 82.3 Å². The third-order valence-corrected chi connectivity index (χ3v) is 13.1. The van der Waals surface area contributed by atoms with Crippen LogP contribution in [0.5, 0.6) is 0 Å². The van der Waals surface area contributed by atoms with Crippen molar-refractivity contribution >= 4 is 97.6 Å². The lowest BCUT2D eigenvalue weighted by atomic mass is 9.96. The highest BCUT2D eigenvalue weighted by Crippen LogP contribution is 2.43. The van der Waals surface area contributed by atoms with Gasteiger partial charge < -0.3 is 8.98 Å². The smallest absolute Gasteiger partial charge is 0.164 e. The molecule has 0 N–H and O–H groups in total. The van der Waals surface area contributed by atoms with Crippen molar-refractivity contribution in [2.75, 3.05) is 0 Å². The molecule has 14 rings (SSSR count). The van der Waals surface area contributed by atoms with E-state index in [1.54, 1.807) is 0 Å². The summed E-state index contributed by atoms with van der Waals surface area (Å²) in [5.74, 6) is 1.85. The fraction of sp³-hybridized carbons (Fsp3) is 0. The van der Waals surface area contributed by atoms with E-state index in [2.05, 4.69) is 193 Å². The van der Waals surface area contributed by atoms with Gasteiger partial charge in [-0.05, 0) is 103 Å². The summed E-state index contributed by atoms with van der Waals surface area (Å²) in [6.07, 6.45) is 0. The van der Waals surface area contributed by atoms with E-state index in [-0.39, 0.29) is 0 Å². The predicted molar refractivity (Wildman–Crippen MR) is 265 cm³/mol. The van der Waals surface area contributed by atoms with Gasteiger partial charge in [-0.2, -0.15) is 0 Å². The molecule has 0 radical (unpaired) electrons. The van der Waals surface area contributed by atoms with Crippen LogP contribution >= 0.6 is 0 Å². The molecule has 0 aliphatic carbocycles. The van der Waals surface area contributed by atoms with Crippen molar-refractivity contribution in [3.8, 4) is 39.9 Å². The predicted octanol–water partition coefficient (Wildman–Crippen LogP) is 15.6. The second kappa shape index (κ2) is 13.4. The van der Waals surface area contributed by atoms with Gasteiger partial charge in [-0.1, -0.05) is 152 Å². The van der Waals surface area contributed by atoms with E-state index in [0.29, 0.717) is 17.5 Å². The molecule has 3 heterocycles. The number of furan rings is 1. The Hall–Kier alpha value is -8.67. The zero-order valence-corrected chi connectivity index (χ0v) is 34.3. The maximum atomic E-state index is 6.83. The van der Waals surface area contributed by atoms with Gasteiger partial charge in [0.1, 0.15) is 11.2 Å². The van der Waals surface area contributed by atoms with Crippen LogP contribution in [-0.2, 0) is 0 Å². The first-order valence-corrected chi connectivity index (χ1v) is 21.7. The fourth-order valence-corrected chi connectivity index (χ4v) is 10.1. The maximum Gasteiger partial charge on any atom is 0.164 e. The Balaban J connectivity index is 1.04. The Morgan fingerprint density at radius 1 is 0.312 bits per heavy atom.